The molecule has 0 radical (unpaired) electrons. The van der Waals surface area contributed by atoms with Crippen molar-refractivity contribution >= 4 is 5.97 Å². The molecule has 0 aliphatic rings. The first kappa shape index (κ1) is 13.4. The maximum atomic E-state index is 11.1. The van der Waals surface area contributed by atoms with Crippen molar-refractivity contribution in [3.63, 3.8) is 0 Å². The van der Waals surface area contributed by atoms with Gasteiger partial charge in [-0.3, -0.25) is 4.79 Å². The molecule has 0 amide bonds. The van der Waals surface area contributed by atoms with Crippen LogP contribution in [0.2, 0.25) is 0 Å². The molecule has 0 bridgehead atoms. The third kappa shape index (κ3) is 4.01. The van der Waals surface area contributed by atoms with Crippen molar-refractivity contribution in [3.05, 3.63) is 18.1 Å². The van der Waals surface area contributed by atoms with Crippen LogP contribution in [0.15, 0.2) is 12.3 Å². The summed E-state index contributed by atoms with van der Waals surface area (Å²) >= 11 is 0. The van der Waals surface area contributed by atoms with Crippen molar-refractivity contribution in [2.75, 3.05) is 6.61 Å². The summed E-state index contributed by atoms with van der Waals surface area (Å²) in [6.45, 7) is 4.51. The highest BCUT2D eigenvalue weighted by Crippen LogP contribution is 2.19. The lowest BCUT2D eigenvalue weighted by atomic mass is 10.0. The first-order valence-electron chi connectivity index (χ1n) is 5.87. The third-order valence-electron chi connectivity index (χ3n) is 2.29. The van der Waals surface area contributed by atoms with Gasteiger partial charge >= 0.3 is 5.97 Å². The molecular formula is C12H18N2O3. The molecule has 0 aliphatic heterocycles. The van der Waals surface area contributed by atoms with Crippen LogP contribution in [-0.4, -0.2) is 27.7 Å². The van der Waals surface area contributed by atoms with Crippen LogP contribution in [0.1, 0.15) is 44.9 Å². The minimum atomic E-state index is -0.889. The summed E-state index contributed by atoms with van der Waals surface area (Å²) in [7, 11) is 0. The third-order valence-corrected chi connectivity index (χ3v) is 2.29. The summed E-state index contributed by atoms with van der Waals surface area (Å²) in [6.07, 6.45) is 3.74. The molecule has 94 valence electrons. The Morgan fingerprint density at radius 3 is 2.82 bits per heavy atom. The van der Waals surface area contributed by atoms with Gasteiger partial charge < -0.3 is 9.84 Å². The largest absolute Gasteiger partial charge is 0.481 e. The Bertz CT molecular complexity index is 369. The summed E-state index contributed by atoms with van der Waals surface area (Å²) in [5, 5.41) is 9.10. The number of hydrogen-bond acceptors (Lipinski definition) is 4. The molecule has 1 rings (SSSR count). The summed E-state index contributed by atoms with van der Waals surface area (Å²) in [5.41, 5.74) is 0. The van der Waals surface area contributed by atoms with E-state index in [1.165, 1.54) is 0 Å². The second-order valence-corrected chi connectivity index (χ2v) is 3.78. The van der Waals surface area contributed by atoms with Gasteiger partial charge in [-0.1, -0.05) is 20.3 Å². The molecule has 1 heterocycles. The van der Waals surface area contributed by atoms with E-state index in [0.717, 1.165) is 12.8 Å². The SMILES string of the molecule is CCCOc1ccnc(C(CCC)C(=O)O)n1. The number of carboxylic acids is 1. The number of aromatic nitrogens is 2. The molecule has 1 atom stereocenters. The van der Waals surface area contributed by atoms with Gasteiger partial charge in [-0.15, -0.1) is 0 Å². The standard InChI is InChI=1S/C12H18N2O3/c1-3-5-9(12(15)16)11-13-7-6-10(14-11)17-8-4-2/h6-7,9H,3-5,8H2,1-2H3,(H,15,16). The fourth-order valence-electron chi connectivity index (χ4n) is 1.46. The maximum Gasteiger partial charge on any atom is 0.314 e. The quantitative estimate of drug-likeness (QED) is 0.788. The van der Waals surface area contributed by atoms with Crippen molar-refractivity contribution in [3.8, 4) is 5.88 Å². The van der Waals surface area contributed by atoms with Gasteiger partial charge in [0.1, 0.15) is 11.7 Å². The van der Waals surface area contributed by atoms with E-state index in [1.807, 2.05) is 13.8 Å². The predicted molar refractivity (Wildman–Crippen MR) is 63.1 cm³/mol. The van der Waals surface area contributed by atoms with Gasteiger partial charge in [-0.2, -0.15) is 4.98 Å². The second kappa shape index (κ2) is 6.83. The fraction of sp³-hybridized carbons (Fsp3) is 0.583. The van der Waals surface area contributed by atoms with E-state index >= 15 is 0 Å². The van der Waals surface area contributed by atoms with Gasteiger partial charge in [0, 0.05) is 12.3 Å². The van der Waals surface area contributed by atoms with Gasteiger partial charge in [-0.05, 0) is 12.8 Å². The Balaban J connectivity index is 2.83. The minimum Gasteiger partial charge on any atom is -0.481 e. The van der Waals surface area contributed by atoms with Gasteiger partial charge in [-0.25, -0.2) is 4.98 Å². The zero-order valence-electron chi connectivity index (χ0n) is 10.2. The molecule has 1 aromatic heterocycles. The Morgan fingerprint density at radius 2 is 2.24 bits per heavy atom. The minimum absolute atomic E-state index is 0.327. The molecule has 0 saturated heterocycles. The van der Waals surface area contributed by atoms with E-state index in [1.54, 1.807) is 12.3 Å². The zero-order chi connectivity index (χ0) is 12.7. The number of carboxylic acid groups (broad SMARTS) is 1. The van der Waals surface area contributed by atoms with E-state index in [-0.39, 0.29) is 0 Å². The van der Waals surface area contributed by atoms with E-state index in [2.05, 4.69) is 9.97 Å². The highest BCUT2D eigenvalue weighted by Gasteiger charge is 2.22. The number of nitrogens with zero attached hydrogens (tertiary/aromatic N) is 2. The lowest BCUT2D eigenvalue weighted by Crippen LogP contribution is -2.15. The van der Waals surface area contributed by atoms with Crippen molar-refractivity contribution in [1.29, 1.82) is 0 Å². The van der Waals surface area contributed by atoms with Crippen LogP contribution < -0.4 is 4.74 Å². The fourth-order valence-corrected chi connectivity index (χ4v) is 1.46. The lowest BCUT2D eigenvalue weighted by molar-refractivity contribution is -0.139. The van der Waals surface area contributed by atoms with Crippen molar-refractivity contribution in [1.82, 2.24) is 9.97 Å². The van der Waals surface area contributed by atoms with Crippen LogP contribution in [0.3, 0.4) is 0 Å². The molecular weight excluding hydrogens is 220 g/mol. The van der Waals surface area contributed by atoms with Crippen LogP contribution in [0.25, 0.3) is 0 Å². The van der Waals surface area contributed by atoms with E-state index in [9.17, 15) is 4.79 Å². The molecule has 0 aromatic carbocycles. The van der Waals surface area contributed by atoms with Gasteiger partial charge in [0.2, 0.25) is 5.88 Å². The van der Waals surface area contributed by atoms with Crippen molar-refractivity contribution in [2.24, 2.45) is 0 Å². The summed E-state index contributed by atoms with van der Waals surface area (Å²) in [4.78, 5) is 19.2. The highest BCUT2D eigenvalue weighted by molar-refractivity contribution is 5.74. The molecule has 5 heteroatoms. The predicted octanol–water partition coefficient (Wildman–Crippen LogP) is 2.23. The van der Waals surface area contributed by atoms with E-state index in [0.29, 0.717) is 24.7 Å². The number of carbonyl (C=O) groups is 1. The second-order valence-electron chi connectivity index (χ2n) is 3.78. The molecule has 5 nitrogen and oxygen atoms in total. The lowest BCUT2D eigenvalue weighted by Gasteiger charge is -2.10. The van der Waals surface area contributed by atoms with Crippen LogP contribution in [0, 0.1) is 0 Å². The number of hydrogen-bond donors (Lipinski definition) is 1. The molecule has 0 fully saturated rings. The Morgan fingerprint density at radius 1 is 1.47 bits per heavy atom. The van der Waals surface area contributed by atoms with E-state index < -0.39 is 11.9 Å². The summed E-state index contributed by atoms with van der Waals surface area (Å²) in [5.74, 6) is -0.767. The molecule has 1 unspecified atom stereocenters. The van der Waals surface area contributed by atoms with Gasteiger partial charge in [0.05, 0.1) is 6.61 Å². The Hall–Kier alpha value is -1.65. The normalized spacial score (nSPS) is 12.1. The smallest absolute Gasteiger partial charge is 0.314 e. The van der Waals surface area contributed by atoms with Crippen molar-refractivity contribution in [2.45, 2.75) is 39.0 Å². The van der Waals surface area contributed by atoms with Gasteiger partial charge in [0.25, 0.3) is 0 Å². The van der Waals surface area contributed by atoms with Crippen LogP contribution in [0.4, 0.5) is 0 Å². The van der Waals surface area contributed by atoms with Crippen LogP contribution in [0.5, 0.6) is 5.88 Å². The number of aliphatic carboxylic acids is 1. The maximum absolute atomic E-state index is 11.1. The summed E-state index contributed by atoms with van der Waals surface area (Å²) < 4.78 is 5.36. The zero-order valence-corrected chi connectivity index (χ0v) is 10.2. The van der Waals surface area contributed by atoms with Gasteiger partial charge in [0.15, 0.2) is 0 Å². The first-order chi connectivity index (χ1) is 8.19. The average Bonchev–Trinajstić information content (AvgIpc) is 2.33. The first-order valence-corrected chi connectivity index (χ1v) is 5.87. The van der Waals surface area contributed by atoms with Crippen molar-refractivity contribution < 1.29 is 14.6 Å². The number of rotatable bonds is 7. The Labute approximate surface area is 101 Å². The monoisotopic (exact) mass is 238 g/mol. The summed E-state index contributed by atoms with van der Waals surface area (Å²) in [6, 6.07) is 1.64. The molecule has 0 aliphatic carbocycles. The molecule has 17 heavy (non-hydrogen) atoms. The van der Waals surface area contributed by atoms with E-state index in [4.69, 9.17) is 9.84 Å². The molecule has 1 N–H and O–H groups in total. The number of ether oxygens (including phenoxy) is 1. The van der Waals surface area contributed by atoms with Crippen LogP contribution >= 0.6 is 0 Å². The molecule has 0 spiro atoms. The molecule has 0 saturated carbocycles. The topological polar surface area (TPSA) is 72.3 Å². The van der Waals surface area contributed by atoms with Crippen LogP contribution in [-0.2, 0) is 4.79 Å². The Kier molecular flexibility index (Phi) is 5.39. The molecule has 1 aromatic rings. The highest BCUT2D eigenvalue weighted by atomic mass is 16.5. The average molecular weight is 238 g/mol.